The quantitative estimate of drug-likeness (QED) is 0.948. The molecule has 5 heteroatoms. The molecule has 1 saturated heterocycles. The molecule has 0 radical (unpaired) electrons. The Morgan fingerprint density at radius 2 is 1.91 bits per heavy atom. The fourth-order valence-electron chi connectivity index (χ4n) is 2.92. The second kappa shape index (κ2) is 6.77. The normalized spacial score (nSPS) is 14.9. The van der Waals surface area contributed by atoms with E-state index in [1.54, 1.807) is 6.26 Å². The lowest BCUT2D eigenvalue weighted by Gasteiger charge is -2.37. The third-order valence-electron chi connectivity index (χ3n) is 4.48. The van der Waals surface area contributed by atoms with Crippen molar-refractivity contribution in [3.63, 3.8) is 0 Å². The number of aryl methyl sites for hydroxylation is 1. The minimum absolute atomic E-state index is 0.0259. The molecule has 122 valence electrons. The lowest BCUT2D eigenvalue weighted by Crippen LogP contribution is -2.51. The number of hydrogen-bond donors (Lipinski definition) is 1. The summed E-state index contributed by atoms with van der Waals surface area (Å²) >= 11 is 0. The standard InChI is InChI=1S/C18H23N3O2/c1-14-5-3-7-17(15(14)2)20-8-10-21(11-9-20)18(22)19-13-16-6-4-12-23-16/h3-7,12H,8-11,13H2,1-2H3,(H,19,22). The lowest BCUT2D eigenvalue weighted by atomic mass is 10.1. The summed E-state index contributed by atoms with van der Waals surface area (Å²) in [4.78, 5) is 16.4. The number of benzene rings is 1. The van der Waals surface area contributed by atoms with E-state index in [9.17, 15) is 4.79 Å². The lowest BCUT2D eigenvalue weighted by molar-refractivity contribution is 0.193. The Bertz CT molecular complexity index is 659. The first-order chi connectivity index (χ1) is 11.1. The zero-order valence-electron chi connectivity index (χ0n) is 13.7. The Labute approximate surface area is 136 Å². The summed E-state index contributed by atoms with van der Waals surface area (Å²) in [5.41, 5.74) is 3.91. The van der Waals surface area contributed by atoms with Crippen molar-refractivity contribution in [3.05, 3.63) is 53.5 Å². The highest BCUT2D eigenvalue weighted by atomic mass is 16.3. The molecular formula is C18H23N3O2. The van der Waals surface area contributed by atoms with Gasteiger partial charge in [0.25, 0.3) is 0 Å². The molecule has 0 unspecified atom stereocenters. The molecule has 0 aliphatic carbocycles. The van der Waals surface area contributed by atoms with Gasteiger partial charge in [0.15, 0.2) is 0 Å². The SMILES string of the molecule is Cc1cccc(N2CCN(C(=O)NCc3ccco3)CC2)c1C. The van der Waals surface area contributed by atoms with Crippen LogP contribution in [0.2, 0.25) is 0 Å². The van der Waals surface area contributed by atoms with Crippen molar-refractivity contribution in [1.82, 2.24) is 10.2 Å². The van der Waals surface area contributed by atoms with Gasteiger partial charge in [0.1, 0.15) is 5.76 Å². The number of nitrogens with one attached hydrogen (secondary N) is 1. The largest absolute Gasteiger partial charge is 0.467 e. The van der Waals surface area contributed by atoms with Crippen LogP contribution in [0.3, 0.4) is 0 Å². The molecule has 0 spiro atoms. The molecule has 1 aromatic carbocycles. The highest BCUT2D eigenvalue weighted by Gasteiger charge is 2.22. The van der Waals surface area contributed by atoms with Crippen molar-refractivity contribution in [2.24, 2.45) is 0 Å². The zero-order valence-corrected chi connectivity index (χ0v) is 13.7. The average molecular weight is 313 g/mol. The first-order valence-electron chi connectivity index (χ1n) is 8.01. The molecule has 5 nitrogen and oxygen atoms in total. The number of urea groups is 1. The first-order valence-corrected chi connectivity index (χ1v) is 8.01. The summed E-state index contributed by atoms with van der Waals surface area (Å²) in [6.07, 6.45) is 1.62. The molecule has 0 atom stereocenters. The van der Waals surface area contributed by atoms with Crippen LogP contribution in [0.4, 0.5) is 10.5 Å². The van der Waals surface area contributed by atoms with E-state index in [1.165, 1.54) is 16.8 Å². The van der Waals surface area contributed by atoms with Gasteiger partial charge in [-0.2, -0.15) is 0 Å². The Balaban J connectivity index is 1.53. The smallest absolute Gasteiger partial charge is 0.317 e. The summed E-state index contributed by atoms with van der Waals surface area (Å²) in [7, 11) is 0. The zero-order chi connectivity index (χ0) is 16.2. The van der Waals surface area contributed by atoms with Crippen LogP contribution in [0, 0.1) is 13.8 Å². The van der Waals surface area contributed by atoms with E-state index >= 15 is 0 Å². The van der Waals surface area contributed by atoms with Crippen molar-refractivity contribution < 1.29 is 9.21 Å². The van der Waals surface area contributed by atoms with Crippen LogP contribution in [0.15, 0.2) is 41.0 Å². The molecule has 1 aliphatic rings. The number of anilines is 1. The summed E-state index contributed by atoms with van der Waals surface area (Å²) < 4.78 is 5.23. The van der Waals surface area contributed by atoms with Gasteiger partial charge in [-0.25, -0.2) is 4.79 Å². The van der Waals surface area contributed by atoms with Crippen molar-refractivity contribution >= 4 is 11.7 Å². The molecule has 1 N–H and O–H groups in total. The van der Waals surface area contributed by atoms with Crippen molar-refractivity contribution in [2.45, 2.75) is 20.4 Å². The van der Waals surface area contributed by atoms with Gasteiger partial charge in [-0.1, -0.05) is 12.1 Å². The third-order valence-corrected chi connectivity index (χ3v) is 4.48. The van der Waals surface area contributed by atoms with Crippen molar-refractivity contribution in [2.75, 3.05) is 31.1 Å². The molecule has 2 heterocycles. The van der Waals surface area contributed by atoms with E-state index in [-0.39, 0.29) is 6.03 Å². The number of carbonyl (C=O) groups is 1. The number of furan rings is 1. The molecule has 1 aliphatic heterocycles. The Kier molecular flexibility index (Phi) is 4.55. The second-order valence-corrected chi connectivity index (χ2v) is 5.93. The van der Waals surface area contributed by atoms with Gasteiger partial charge in [0, 0.05) is 31.9 Å². The van der Waals surface area contributed by atoms with Crippen molar-refractivity contribution in [1.29, 1.82) is 0 Å². The highest BCUT2D eigenvalue weighted by molar-refractivity contribution is 5.74. The van der Waals surface area contributed by atoms with Crippen LogP contribution in [-0.4, -0.2) is 37.1 Å². The summed E-state index contributed by atoms with van der Waals surface area (Å²) in [5, 5.41) is 2.90. The molecule has 3 rings (SSSR count). The monoisotopic (exact) mass is 313 g/mol. The van der Waals surface area contributed by atoms with Crippen molar-refractivity contribution in [3.8, 4) is 0 Å². The average Bonchev–Trinajstić information content (AvgIpc) is 3.09. The van der Waals surface area contributed by atoms with Gasteiger partial charge < -0.3 is 19.5 Å². The van der Waals surface area contributed by atoms with Gasteiger partial charge in [0.05, 0.1) is 12.8 Å². The predicted molar refractivity (Wildman–Crippen MR) is 90.6 cm³/mol. The van der Waals surface area contributed by atoms with E-state index in [0.29, 0.717) is 6.54 Å². The molecule has 1 fully saturated rings. The van der Waals surface area contributed by atoms with Crippen LogP contribution in [0.25, 0.3) is 0 Å². The Hall–Kier alpha value is -2.43. The van der Waals surface area contributed by atoms with E-state index in [1.807, 2.05) is 17.0 Å². The molecule has 23 heavy (non-hydrogen) atoms. The number of hydrogen-bond acceptors (Lipinski definition) is 3. The topological polar surface area (TPSA) is 48.7 Å². The Morgan fingerprint density at radius 3 is 2.61 bits per heavy atom. The van der Waals surface area contributed by atoms with Gasteiger partial charge in [0.2, 0.25) is 0 Å². The van der Waals surface area contributed by atoms with Gasteiger partial charge in [-0.15, -0.1) is 0 Å². The van der Waals surface area contributed by atoms with Gasteiger partial charge >= 0.3 is 6.03 Å². The maximum atomic E-state index is 12.2. The van der Waals surface area contributed by atoms with E-state index < -0.39 is 0 Å². The second-order valence-electron chi connectivity index (χ2n) is 5.93. The minimum Gasteiger partial charge on any atom is -0.467 e. The maximum absolute atomic E-state index is 12.2. The number of carbonyl (C=O) groups excluding carboxylic acids is 1. The third kappa shape index (κ3) is 3.50. The number of nitrogens with zero attached hydrogens (tertiary/aromatic N) is 2. The molecule has 0 saturated carbocycles. The van der Waals surface area contributed by atoms with Crippen LogP contribution in [0.1, 0.15) is 16.9 Å². The van der Waals surface area contributed by atoms with Crippen LogP contribution in [-0.2, 0) is 6.54 Å². The highest BCUT2D eigenvalue weighted by Crippen LogP contribution is 2.23. The fourth-order valence-corrected chi connectivity index (χ4v) is 2.92. The van der Waals surface area contributed by atoms with Crippen LogP contribution in [0.5, 0.6) is 0 Å². The van der Waals surface area contributed by atoms with Crippen LogP contribution >= 0.6 is 0 Å². The molecular weight excluding hydrogens is 290 g/mol. The molecule has 2 amide bonds. The number of rotatable bonds is 3. The van der Waals surface area contributed by atoms with Gasteiger partial charge in [-0.3, -0.25) is 0 Å². The fraction of sp³-hybridized carbons (Fsp3) is 0.389. The summed E-state index contributed by atoms with van der Waals surface area (Å²) in [6, 6.07) is 10.1. The molecule has 0 bridgehead atoms. The maximum Gasteiger partial charge on any atom is 0.317 e. The van der Waals surface area contributed by atoms with E-state index in [4.69, 9.17) is 4.42 Å². The summed E-state index contributed by atoms with van der Waals surface area (Å²) in [6.45, 7) is 7.92. The molecule has 2 aromatic rings. The van der Waals surface area contributed by atoms with E-state index in [0.717, 1.165) is 31.9 Å². The minimum atomic E-state index is -0.0259. The molecule has 1 aromatic heterocycles. The van der Waals surface area contributed by atoms with Gasteiger partial charge in [-0.05, 0) is 43.2 Å². The first kappa shape index (κ1) is 15.5. The number of amides is 2. The Morgan fingerprint density at radius 1 is 1.13 bits per heavy atom. The summed E-state index contributed by atoms with van der Waals surface area (Å²) in [5.74, 6) is 0.771. The predicted octanol–water partition coefficient (Wildman–Crippen LogP) is 2.93. The van der Waals surface area contributed by atoms with E-state index in [2.05, 4.69) is 42.3 Å². The number of piperazine rings is 1. The van der Waals surface area contributed by atoms with Crippen LogP contribution < -0.4 is 10.2 Å².